The zero-order chi connectivity index (χ0) is 14.3. The molecular weight excluding hydrogens is 274 g/mol. The van der Waals surface area contributed by atoms with Gasteiger partial charge in [0.1, 0.15) is 0 Å². The van der Waals surface area contributed by atoms with Gasteiger partial charge in [-0.2, -0.15) is 0 Å². The van der Waals surface area contributed by atoms with Gasteiger partial charge in [-0.15, -0.1) is 11.3 Å². The molecule has 1 aliphatic heterocycles. The summed E-state index contributed by atoms with van der Waals surface area (Å²) in [6.07, 6.45) is 0.0953. The molecule has 0 saturated carbocycles. The fourth-order valence-electron chi connectivity index (χ4n) is 3.00. The number of rotatable bonds is 3. The van der Waals surface area contributed by atoms with Crippen molar-refractivity contribution in [2.24, 2.45) is 5.92 Å². The minimum atomic E-state index is -0.894. The van der Waals surface area contributed by atoms with E-state index >= 15 is 0 Å². The number of nitrogens with zero attached hydrogens (tertiary/aromatic N) is 1. The van der Waals surface area contributed by atoms with Gasteiger partial charge >= 0.3 is 5.97 Å². The summed E-state index contributed by atoms with van der Waals surface area (Å²) in [5.41, 5.74) is 0.964. The molecule has 0 bridgehead atoms. The summed E-state index contributed by atoms with van der Waals surface area (Å²) < 4.78 is 1.13. The lowest BCUT2D eigenvalue weighted by atomic mass is 9.93. The highest BCUT2D eigenvalue weighted by molar-refractivity contribution is 7.17. The first-order valence-electron chi connectivity index (χ1n) is 6.62. The molecule has 2 unspecified atom stereocenters. The molecule has 1 amide bonds. The van der Waals surface area contributed by atoms with Crippen LogP contribution in [0.3, 0.4) is 0 Å². The second kappa shape index (κ2) is 4.90. The molecule has 1 aromatic carbocycles. The highest BCUT2D eigenvalue weighted by Gasteiger charge is 2.44. The molecule has 0 spiro atoms. The average molecular weight is 289 g/mol. The van der Waals surface area contributed by atoms with Crippen molar-refractivity contribution in [1.82, 2.24) is 4.90 Å². The van der Waals surface area contributed by atoms with Gasteiger partial charge in [-0.05, 0) is 29.3 Å². The van der Waals surface area contributed by atoms with Crippen molar-refractivity contribution in [2.45, 2.75) is 19.4 Å². The van der Waals surface area contributed by atoms with E-state index in [-0.39, 0.29) is 18.4 Å². The van der Waals surface area contributed by atoms with E-state index in [0.29, 0.717) is 6.54 Å². The number of hydrogen-bond donors (Lipinski definition) is 1. The molecule has 2 heterocycles. The van der Waals surface area contributed by atoms with Gasteiger partial charge in [-0.1, -0.05) is 18.2 Å². The van der Waals surface area contributed by atoms with E-state index in [1.807, 2.05) is 36.6 Å². The zero-order valence-electron chi connectivity index (χ0n) is 11.1. The number of carboxylic acids is 1. The van der Waals surface area contributed by atoms with Crippen LogP contribution in [-0.4, -0.2) is 28.4 Å². The van der Waals surface area contributed by atoms with Crippen molar-refractivity contribution in [2.75, 3.05) is 6.54 Å². The first kappa shape index (κ1) is 13.1. The van der Waals surface area contributed by atoms with Gasteiger partial charge in [0.05, 0.1) is 12.0 Å². The third-order valence-electron chi connectivity index (χ3n) is 3.92. The van der Waals surface area contributed by atoms with E-state index in [2.05, 4.69) is 0 Å². The summed E-state index contributed by atoms with van der Waals surface area (Å²) >= 11 is 1.60. The number of carbonyl (C=O) groups is 2. The molecule has 2 aromatic rings. The van der Waals surface area contributed by atoms with Crippen LogP contribution < -0.4 is 0 Å². The third kappa shape index (κ3) is 1.89. The summed E-state index contributed by atoms with van der Waals surface area (Å²) in [7, 11) is 0. The fraction of sp³-hybridized carbons (Fsp3) is 0.333. The van der Waals surface area contributed by atoms with Crippen LogP contribution >= 0.6 is 11.3 Å². The molecule has 20 heavy (non-hydrogen) atoms. The maximum absolute atomic E-state index is 12.0. The Morgan fingerprint density at radius 3 is 2.90 bits per heavy atom. The maximum Gasteiger partial charge on any atom is 0.309 e. The standard InChI is InChI=1S/C15H15NO3S/c1-2-16-13(17)7-10(15(18)19)14(16)11-8-20-12-6-4-3-5-9(11)12/h3-6,8,10,14H,2,7H2,1H3,(H,18,19). The van der Waals surface area contributed by atoms with Gasteiger partial charge in [0.25, 0.3) is 0 Å². The lowest BCUT2D eigenvalue weighted by molar-refractivity contribution is -0.142. The Morgan fingerprint density at radius 2 is 2.20 bits per heavy atom. The van der Waals surface area contributed by atoms with Gasteiger partial charge in [0, 0.05) is 17.7 Å². The Balaban J connectivity index is 2.13. The van der Waals surface area contributed by atoms with Crippen molar-refractivity contribution in [3.63, 3.8) is 0 Å². The lowest BCUT2D eigenvalue weighted by Gasteiger charge is -2.25. The second-order valence-electron chi connectivity index (χ2n) is 4.96. The number of aliphatic carboxylic acids is 1. The predicted molar refractivity (Wildman–Crippen MR) is 77.7 cm³/mol. The molecule has 1 saturated heterocycles. The van der Waals surface area contributed by atoms with Gasteiger partial charge in [0.2, 0.25) is 5.91 Å². The van der Waals surface area contributed by atoms with Crippen LogP contribution in [0.4, 0.5) is 0 Å². The van der Waals surface area contributed by atoms with Crippen LogP contribution in [0.2, 0.25) is 0 Å². The van der Waals surface area contributed by atoms with Gasteiger partial charge in [0.15, 0.2) is 0 Å². The molecule has 1 fully saturated rings. The van der Waals surface area contributed by atoms with E-state index in [4.69, 9.17) is 0 Å². The van der Waals surface area contributed by atoms with Crippen LogP contribution in [0.25, 0.3) is 10.1 Å². The Labute approximate surface area is 120 Å². The summed E-state index contributed by atoms with van der Waals surface area (Å²) in [6, 6.07) is 7.58. The van der Waals surface area contributed by atoms with Crippen molar-refractivity contribution >= 4 is 33.3 Å². The summed E-state index contributed by atoms with van der Waals surface area (Å²) in [5, 5.41) is 12.5. The van der Waals surface area contributed by atoms with E-state index in [0.717, 1.165) is 15.6 Å². The first-order chi connectivity index (χ1) is 9.63. The molecule has 0 radical (unpaired) electrons. The normalized spacial score (nSPS) is 22.6. The molecule has 4 nitrogen and oxygen atoms in total. The fourth-order valence-corrected chi connectivity index (χ4v) is 3.99. The van der Waals surface area contributed by atoms with Crippen LogP contribution in [0, 0.1) is 5.92 Å². The molecule has 1 aliphatic rings. The van der Waals surface area contributed by atoms with Gasteiger partial charge < -0.3 is 10.0 Å². The number of amides is 1. The zero-order valence-corrected chi connectivity index (χ0v) is 11.9. The highest BCUT2D eigenvalue weighted by atomic mass is 32.1. The van der Waals surface area contributed by atoms with Crippen LogP contribution in [-0.2, 0) is 9.59 Å². The van der Waals surface area contributed by atoms with Crippen LogP contribution in [0.1, 0.15) is 24.9 Å². The molecule has 0 aliphatic carbocycles. The minimum absolute atomic E-state index is 0.0693. The number of benzene rings is 1. The average Bonchev–Trinajstić information content (AvgIpc) is 2.99. The van der Waals surface area contributed by atoms with Crippen LogP contribution in [0.15, 0.2) is 29.6 Å². The molecular formula is C15H15NO3S. The van der Waals surface area contributed by atoms with E-state index in [1.54, 1.807) is 16.2 Å². The number of hydrogen-bond acceptors (Lipinski definition) is 3. The summed E-state index contributed by atoms with van der Waals surface area (Å²) in [4.78, 5) is 25.2. The third-order valence-corrected chi connectivity index (χ3v) is 4.90. The van der Waals surface area contributed by atoms with Crippen molar-refractivity contribution < 1.29 is 14.7 Å². The SMILES string of the molecule is CCN1C(=O)CC(C(=O)O)C1c1csc2ccccc12. The van der Waals surface area contributed by atoms with E-state index in [1.165, 1.54) is 0 Å². The Kier molecular flexibility index (Phi) is 3.22. The number of thiophene rings is 1. The Bertz CT molecular complexity index is 679. The van der Waals surface area contributed by atoms with Crippen molar-refractivity contribution in [3.8, 4) is 0 Å². The molecule has 1 N–H and O–H groups in total. The Hall–Kier alpha value is -1.88. The molecule has 104 valence electrons. The highest BCUT2D eigenvalue weighted by Crippen LogP contribution is 2.42. The molecule has 1 aromatic heterocycles. The predicted octanol–water partition coefficient (Wildman–Crippen LogP) is 2.90. The van der Waals surface area contributed by atoms with E-state index in [9.17, 15) is 14.7 Å². The maximum atomic E-state index is 12.0. The number of carboxylic acid groups (broad SMARTS) is 1. The quantitative estimate of drug-likeness (QED) is 0.945. The monoisotopic (exact) mass is 289 g/mol. The van der Waals surface area contributed by atoms with Gasteiger partial charge in [-0.3, -0.25) is 9.59 Å². The first-order valence-corrected chi connectivity index (χ1v) is 7.49. The molecule has 5 heteroatoms. The summed E-state index contributed by atoms with van der Waals surface area (Å²) in [6.45, 7) is 2.43. The van der Waals surface area contributed by atoms with Crippen LogP contribution in [0.5, 0.6) is 0 Å². The van der Waals surface area contributed by atoms with Crippen molar-refractivity contribution in [3.05, 3.63) is 35.2 Å². The topological polar surface area (TPSA) is 57.6 Å². The number of carbonyl (C=O) groups excluding carboxylic acids is 1. The Morgan fingerprint density at radius 1 is 1.45 bits per heavy atom. The largest absolute Gasteiger partial charge is 0.481 e. The molecule has 3 rings (SSSR count). The second-order valence-corrected chi connectivity index (χ2v) is 5.87. The van der Waals surface area contributed by atoms with Crippen molar-refractivity contribution in [1.29, 1.82) is 0 Å². The molecule has 2 atom stereocenters. The minimum Gasteiger partial charge on any atom is -0.481 e. The summed E-state index contributed by atoms with van der Waals surface area (Å²) in [5.74, 6) is -1.62. The number of likely N-dealkylation sites (tertiary alicyclic amines) is 1. The van der Waals surface area contributed by atoms with E-state index < -0.39 is 11.9 Å². The lowest BCUT2D eigenvalue weighted by Crippen LogP contribution is -2.30. The number of fused-ring (bicyclic) bond motifs is 1. The smallest absolute Gasteiger partial charge is 0.309 e. The van der Waals surface area contributed by atoms with Gasteiger partial charge in [-0.25, -0.2) is 0 Å².